The summed E-state index contributed by atoms with van der Waals surface area (Å²) in [5.41, 5.74) is 0.879. The lowest BCUT2D eigenvalue weighted by Crippen LogP contribution is -1.98. The Morgan fingerprint density at radius 3 is 2.70 bits per heavy atom. The largest absolute Gasteiger partial charge is 0.492 e. The van der Waals surface area contributed by atoms with Crippen LogP contribution >= 0.6 is 22.9 Å². The van der Waals surface area contributed by atoms with E-state index >= 15 is 0 Å². The van der Waals surface area contributed by atoms with Gasteiger partial charge in [0.15, 0.2) is 0 Å². The Balaban J connectivity index is 2.00. The van der Waals surface area contributed by atoms with Gasteiger partial charge in [-0.3, -0.25) is 0 Å². The van der Waals surface area contributed by atoms with Crippen LogP contribution in [0.2, 0.25) is 5.02 Å². The molecule has 102 valence electrons. The van der Waals surface area contributed by atoms with Gasteiger partial charge in [-0.2, -0.15) is 4.80 Å². The van der Waals surface area contributed by atoms with E-state index in [-0.39, 0.29) is 5.88 Å². The van der Waals surface area contributed by atoms with Crippen molar-refractivity contribution in [1.82, 2.24) is 25.2 Å². The quantitative estimate of drug-likeness (QED) is 0.805. The Morgan fingerprint density at radius 2 is 2.05 bits per heavy atom. The number of hydrogen-bond acceptors (Lipinski definition) is 6. The maximum atomic E-state index is 9.94. The van der Waals surface area contributed by atoms with Crippen molar-refractivity contribution in [3.05, 3.63) is 29.3 Å². The minimum Gasteiger partial charge on any atom is -0.492 e. The van der Waals surface area contributed by atoms with E-state index in [2.05, 4.69) is 20.4 Å². The fraction of sp³-hybridized carbons (Fsp3) is 0.167. The van der Waals surface area contributed by atoms with Crippen LogP contribution in [0.4, 0.5) is 0 Å². The SMILES string of the molecule is CCn1nnc(-c2sc(-c3ccc(Cl)cc3)nc2O)n1. The van der Waals surface area contributed by atoms with Gasteiger partial charge in [0.25, 0.3) is 0 Å². The summed E-state index contributed by atoms with van der Waals surface area (Å²) in [6.07, 6.45) is 0. The molecular formula is C12H10ClN5OS. The molecule has 2 aromatic heterocycles. The summed E-state index contributed by atoms with van der Waals surface area (Å²) in [5, 5.41) is 23.2. The molecule has 3 rings (SSSR count). The Labute approximate surface area is 123 Å². The summed E-state index contributed by atoms with van der Waals surface area (Å²) in [5.74, 6) is 0.290. The van der Waals surface area contributed by atoms with E-state index in [1.165, 1.54) is 16.1 Å². The summed E-state index contributed by atoms with van der Waals surface area (Å²) in [6.45, 7) is 2.54. The van der Waals surface area contributed by atoms with Crippen LogP contribution in [0.25, 0.3) is 21.3 Å². The highest BCUT2D eigenvalue weighted by Gasteiger charge is 2.17. The predicted octanol–water partition coefficient (Wildman–Crippen LogP) is 2.84. The molecule has 8 heteroatoms. The average Bonchev–Trinajstić information content (AvgIpc) is 3.05. The molecule has 0 bridgehead atoms. The number of tetrazole rings is 1. The van der Waals surface area contributed by atoms with Gasteiger partial charge in [-0.15, -0.1) is 21.5 Å². The van der Waals surface area contributed by atoms with Crippen molar-refractivity contribution in [2.45, 2.75) is 13.5 Å². The van der Waals surface area contributed by atoms with Crippen LogP contribution in [0.5, 0.6) is 5.88 Å². The monoisotopic (exact) mass is 307 g/mol. The number of aryl methyl sites for hydroxylation is 1. The zero-order valence-corrected chi connectivity index (χ0v) is 12.1. The molecule has 0 spiro atoms. The van der Waals surface area contributed by atoms with Gasteiger partial charge >= 0.3 is 0 Å². The first-order valence-corrected chi connectivity index (χ1v) is 7.10. The van der Waals surface area contributed by atoms with Gasteiger partial charge < -0.3 is 5.11 Å². The van der Waals surface area contributed by atoms with Crippen LogP contribution in [-0.4, -0.2) is 30.3 Å². The third kappa shape index (κ3) is 2.37. The number of benzene rings is 1. The third-order valence-corrected chi connectivity index (χ3v) is 3.98. The normalized spacial score (nSPS) is 10.9. The lowest BCUT2D eigenvalue weighted by Gasteiger charge is -1.94. The van der Waals surface area contributed by atoms with E-state index in [9.17, 15) is 5.11 Å². The molecule has 1 aromatic carbocycles. The van der Waals surface area contributed by atoms with E-state index in [0.717, 1.165) is 5.56 Å². The minimum absolute atomic E-state index is 0.0874. The second-order valence-electron chi connectivity index (χ2n) is 3.98. The maximum Gasteiger partial charge on any atom is 0.234 e. The zero-order chi connectivity index (χ0) is 14.1. The average molecular weight is 308 g/mol. The predicted molar refractivity (Wildman–Crippen MR) is 76.7 cm³/mol. The first-order valence-electron chi connectivity index (χ1n) is 5.91. The molecule has 0 fully saturated rings. The van der Waals surface area contributed by atoms with Crippen molar-refractivity contribution in [3.8, 4) is 27.2 Å². The van der Waals surface area contributed by atoms with Crippen molar-refractivity contribution >= 4 is 22.9 Å². The number of aromatic nitrogens is 5. The topological polar surface area (TPSA) is 76.7 Å². The molecule has 6 nitrogen and oxygen atoms in total. The van der Waals surface area contributed by atoms with Gasteiger partial charge in [-0.25, -0.2) is 4.98 Å². The van der Waals surface area contributed by atoms with E-state index in [4.69, 9.17) is 11.6 Å². The van der Waals surface area contributed by atoms with Crippen LogP contribution in [0.3, 0.4) is 0 Å². The molecule has 3 aromatic rings. The lowest BCUT2D eigenvalue weighted by molar-refractivity contribution is 0.459. The molecule has 0 radical (unpaired) electrons. The summed E-state index contributed by atoms with van der Waals surface area (Å²) in [4.78, 5) is 6.10. The molecule has 0 saturated carbocycles. The van der Waals surface area contributed by atoms with Crippen LogP contribution in [0, 0.1) is 0 Å². The molecule has 0 saturated heterocycles. The Hall–Kier alpha value is -1.99. The van der Waals surface area contributed by atoms with Gasteiger partial charge in [0.1, 0.15) is 9.88 Å². The lowest BCUT2D eigenvalue weighted by atomic mass is 10.2. The molecule has 1 N–H and O–H groups in total. The molecule has 0 amide bonds. The zero-order valence-electron chi connectivity index (χ0n) is 10.5. The molecule has 20 heavy (non-hydrogen) atoms. The van der Waals surface area contributed by atoms with Gasteiger partial charge in [0, 0.05) is 10.6 Å². The molecule has 2 heterocycles. The van der Waals surface area contributed by atoms with Crippen molar-refractivity contribution in [2.24, 2.45) is 0 Å². The number of hydrogen-bond donors (Lipinski definition) is 1. The number of rotatable bonds is 3. The highest BCUT2D eigenvalue weighted by atomic mass is 35.5. The minimum atomic E-state index is -0.0874. The Bertz CT molecular complexity index is 737. The highest BCUT2D eigenvalue weighted by molar-refractivity contribution is 7.18. The van der Waals surface area contributed by atoms with Crippen molar-refractivity contribution in [1.29, 1.82) is 0 Å². The summed E-state index contributed by atoms with van der Waals surface area (Å²) in [6, 6.07) is 7.25. The standard InChI is InChI=1S/C12H10ClN5OS/c1-2-18-16-10(15-17-18)9-11(19)14-12(20-9)7-3-5-8(13)6-4-7/h3-6,19H,2H2,1H3. The summed E-state index contributed by atoms with van der Waals surface area (Å²) >= 11 is 7.17. The summed E-state index contributed by atoms with van der Waals surface area (Å²) < 4.78 is 0. The van der Waals surface area contributed by atoms with E-state index in [1.54, 1.807) is 12.1 Å². The fourth-order valence-corrected chi connectivity index (χ4v) is 2.66. The second-order valence-corrected chi connectivity index (χ2v) is 5.42. The third-order valence-electron chi connectivity index (χ3n) is 2.64. The molecule has 0 aliphatic heterocycles. The van der Waals surface area contributed by atoms with Crippen LogP contribution < -0.4 is 0 Å². The highest BCUT2D eigenvalue weighted by Crippen LogP contribution is 2.37. The van der Waals surface area contributed by atoms with Crippen molar-refractivity contribution in [2.75, 3.05) is 0 Å². The molecular weight excluding hydrogens is 298 g/mol. The van der Waals surface area contributed by atoms with E-state index in [1.807, 2.05) is 19.1 Å². The van der Waals surface area contributed by atoms with Gasteiger partial charge in [-0.05, 0) is 24.3 Å². The van der Waals surface area contributed by atoms with Gasteiger partial charge in [0.2, 0.25) is 11.7 Å². The number of thiazole rings is 1. The van der Waals surface area contributed by atoms with Gasteiger partial charge in [-0.1, -0.05) is 23.7 Å². The fourth-order valence-electron chi connectivity index (χ4n) is 1.64. The molecule has 0 atom stereocenters. The van der Waals surface area contributed by atoms with Crippen LogP contribution in [-0.2, 0) is 6.54 Å². The maximum absolute atomic E-state index is 9.94. The van der Waals surface area contributed by atoms with E-state index in [0.29, 0.717) is 27.3 Å². The number of nitrogens with zero attached hydrogens (tertiary/aromatic N) is 5. The second kappa shape index (κ2) is 5.18. The van der Waals surface area contributed by atoms with Crippen molar-refractivity contribution < 1.29 is 5.11 Å². The molecule has 0 unspecified atom stereocenters. The van der Waals surface area contributed by atoms with Gasteiger partial charge in [0.05, 0.1) is 6.54 Å². The first kappa shape index (κ1) is 13.0. The Kier molecular flexibility index (Phi) is 3.37. The van der Waals surface area contributed by atoms with E-state index < -0.39 is 0 Å². The number of halogens is 1. The van der Waals surface area contributed by atoms with Crippen LogP contribution in [0.15, 0.2) is 24.3 Å². The van der Waals surface area contributed by atoms with Crippen LogP contribution in [0.1, 0.15) is 6.92 Å². The van der Waals surface area contributed by atoms with Crippen molar-refractivity contribution in [3.63, 3.8) is 0 Å². The molecule has 0 aliphatic rings. The summed E-state index contributed by atoms with van der Waals surface area (Å²) in [7, 11) is 0. The Morgan fingerprint density at radius 1 is 1.30 bits per heavy atom. The first-order chi connectivity index (χ1) is 9.67. The smallest absolute Gasteiger partial charge is 0.234 e. The number of aromatic hydroxyl groups is 1. The molecule has 0 aliphatic carbocycles.